The van der Waals surface area contributed by atoms with Crippen LogP contribution in [0.5, 0.6) is 0 Å². The fourth-order valence-electron chi connectivity index (χ4n) is 3.32. The van der Waals surface area contributed by atoms with Crippen LogP contribution in [-0.4, -0.2) is 34.6 Å². The van der Waals surface area contributed by atoms with Crippen LogP contribution in [0, 0.1) is 11.3 Å². The van der Waals surface area contributed by atoms with Gasteiger partial charge in [0.1, 0.15) is 5.82 Å². The first-order chi connectivity index (χ1) is 12.8. The molecule has 4 rings (SSSR count). The summed E-state index contributed by atoms with van der Waals surface area (Å²) in [6.07, 6.45) is 1.88. The highest BCUT2D eigenvalue weighted by atomic mass is 16.5. The van der Waals surface area contributed by atoms with E-state index in [1.54, 1.807) is 0 Å². The Kier molecular flexibility index (Phi) is 4.78. The standard InChI is InChI=1S/C21H20N4O/c22-12-16-5-4-6-17(11-16)14-25-9-10-26-15-20(25)21-23-13-19(24-21)18-7-2-1-3-8-18/h1-8,11,13,20H,9-10,14-15H2,(H,23,24). The highest BCUT2D eigenvalue weighted by Gasteiger charge is 2.27. The molecule has 1 fully saturated rings. The van der Waals surface area contributed by atoms with Crippen molar-refractivity contribution < 1.29 is 4.74 Å². The number of H-pyrrole nitrogens is 1. The molecule has 2 aromatic carbocycles. The number of aromatic nitrogens is 2. The summed E-state index contributed by atoms with van der Waals surface area (Å²) in [5.41, 5.74) is 3.95. The van der Waals surface area contributed by atoms with E-state index in [2.05, 4.69) is 39.1 Å². The molecule has 2 heterocycles. The number of aromatic amines is 1. The van der Waals surface area contributed by atoms with E-state index in [0.29, 0.717) is 18.8 Å². The first-order valence-electron chi connectivity index (χ1n) is 8.74. The summed E-state index contributed by atoms with van der Waals surface area (Å²) in [7, 11) is 0. The molecule has 1 N–H and O–H groups in total. The van der Waals surface area contributed by atoms with Crippen LogP contribution in [0.15, 0.2) is 60.8 Å². The van der Waals surface area contributed by atoms with Crippen LogP contribution in [-0.2, 0) is 11.3 Å². The van der Waals surface area contributed by atoms with Crippen LogP contribution < -0.4 is 0 Å². The SMILES string of the molecule is N#Cc1cccc(CN2CCOCC2c2ncc(-c3ccccc3)[nH]2)c1. The zero-order valence-corrected chi connectivity index (χ0v) is 14.4. The molecule has 1 aliphatic rings. The minimum absolute atomic E-state index is 0.0759. The molecule has 0 bridgehead atoms. The molecule has 1 atom stereocenters. The van der Waals surface area contributed by atoms with Crippen LogP contribution in [0.4, 0.5) is 0 Å². The van der Waals surface area contributed by atoms with Crippen molar-refractivity contribution in [1.29, 1.82) is 5.26 Å². The number of hydrogen-bond donors (Lipinski definition) is 1. The average molecular weight is 344 g/mol. The van der Waals surface area contributed by atoms with Gasteiger partial charge in [-0.2, -0.15) is 5.26 Å². The highest BCUT2D eigenvalue weighted by Crippen LogP contribution is 2.26. The van der Waals surface area contributed by atoms with Crippen molar-refractivity contribution >= 4 is 0 Å². The molecular weight excluding hydrogens is 324 g/mol. The normalized spacial score (nSPS) is 17.7. The van der Waals surface area contributed by atoms with Gasteiger partial charge >= 0.3 is 0 Å². The second-order valence-electron chi connectivity index (χ2n) is 6.42. The van der Waals surface area contributed by atoms with Crippen molar-refractivity contribution in [2.45, 2.75) is 12.6 Å². The summed E-state index contributed by atoms with van der Waals surface area (Å²) in [6.45, 7) is 2.92. The van der Waals surface area contributed by atoms with E-state index in [-0.39, 0.29) is 6.04 Å². The van der Waals surface area contributed by atoms with Gasteiger partial charge in [-0.15, -0.1) is 0 Å². The van der Waals surface area contributed by atoms with E-state index in [4.69, 9.17) is 10.00 Å². The Morgan fingerprint density at radius 3 is 2.92 bits per heavy atom. The molecule has 0 saturated carbocycles. The Morgan fingerprint density at radius 1 is 1.19 bits per heavy atom. The summed E-state index contributed by atoms with van der Waals surface area (Å²) in [4.78, 5) is 10.4. The molecular formula is C21H20N4O. The van der Waals surface area contributed by atoms with Crippen molar-refractivity contribution in [3.63, 3.8) is 0 Å². The van der Waals surface area contributed by atoms with E-state index >= 15 is 0 Å². The minimum Gasteiger partial charge on any atom is -0.378 e. The van der Waals surface area contributed by atoms with Crippen molar-refractivity contribution in [3.05, 3.63) is 77.7 Å². The second-order valence-corrected chi connectivity index (χ2v) is 6.42. The number of imidazole rings is 1. The lowest BCUT2D eigenvalue weighted by atomic mass is 10.1. The molecule has 1 aliphatic heterocycles. The average Bonchev–Trinajstić information content (AvgIpc) is 3.19. The van der Waals surface area contributed by atoms with Gasteiger partial charge in [-0.3, -0.25) is 4.90 Å². The Balaban J connectivity index is 1.56. The van der Waals surface area contributed by atoms with Crippen molar-refractivity contribution in [3.8, 4) is 17.3 Å². The number of nitrogens with zero attached hydrogens (tertiary/aromatic N) is 3. The largest absolute Gasteiger partial charge is 0.378 e. The molecule has 130 valence electrons. The second kappa shape index (κ2) is 7.52. The Labute approximate surface area is 152 Å². The molecule has 3 aromatic rings. The first-order valence-corrected chi connectivity index (χ1v) is 8.74. The van der Waals surface area contributed by atoms with Crippen LogP contribution in [0.2, 0.25) is 0 Å². The van der Waals surface area contributed by atoms with Gasteiger partial charge < -0.3 is 9.72 Å². The number of ether oxygens (including phenoxy) is 1. The predicted octanol–water partition coefficient (Wildman–Crippen LogP) is 3.52. The maximum atomic E-state index is 9.11. The van der Waals surface area contributed by atoms with Crippen LogP contribution in [0.25, 0.3) is 11.3 Å². The Hall–Kier alpha value is -2.94. The number of nitrogens with one attached hydrogen (secondary N) is 1. The third kappa shape index (κ3) is 3.52. The lowest BCUT2D eigenvalue weighted by molar-refractivity contribution is -0.0156. The van der Waals surface area contributed by atoms with Gasteiger partial charge in [0, 0.05) is 13.1 Å². The van der Waals surface area contributed by atoms with Crippen molar-refractivity contribution in [2.75, 3.05) is 19.8 Å². The lowest BCUT2D eigenvalue weighted by Crippen LogP contribution is -2.39. The molecule has 26 heavy (non-hydrogen) atoms. The van der Waals surface area contributed by atoms with Crippen LogP contribution in [0.1, 0.15) is 23.0 Å². The first kappa shape index (κ1) is 16.5. The third-order valence-electron chi connectivity index (χ3n) is 4.68. The number of hydrogen-bond acceptors (Lipinski definition) is 4. The van der Waals surface area contributed by atoms with Crippen LogP contribution in [0.3, 0.4) is 0 Å². The molecule has 0 radical (unpaired) electrons. The zero-order chi connectivity index (χ0) is 17.8. The quantitative estimate of drug-likeness (QED) is 0.786. The van der Waals surface area contributed by atoms with E-state index in [0.717, 1.165) is 35.7 Å². The van der Waals surface area contributed by atoms with Gasteiger partial charge in [-0.1, -0.05) is 42.5 Å². The van der Waals surface area contributed by atoms with Gasteiger partial charge in [0.05, 0.1) is 42.8 Å². The lowest BCUT2D eigenvalue weighted by Gasteiger charge is -2.34. The van der Waals surface area contributed by atoms with Crippen molar-refractivity contribution in [1.82, 2.24) is 14.9 Å². The smallest absolute Gasteiger partial charge is 0.126 e. The summed E-state index contributed by atoms with van der Waals surface area (Å²) in [5, 5.41) is 9.11. The topological polar surface area (TPSA) is 64.9 Å². The van der Waals surface area contributed by atoms with Gasteiger partial charge in [-0.25, -0.2) is 4.98 Å². The van der Waals surface area contributed by atoms with Gasteiger partial charge in [0.2, 0.25) is 0 Å². The van der Waals surface area contributed by atoms with Gasteiger partial charge in [0.25, 0.3) is 0 Å². The number of benzene rings is 2. The Morgan fingerprint density at radius 2 is 2.08 bits per heavy atom. The molecule has 5 nitrogen and oxygen atoms in total. The zero-order valence-electron chi connectivity index (χ0n) is 14.4. The monoisotopic (exact) mass is 344 g/mol. The molecule has 0 amide bonds. The molecule has 0 aliphatic carbocycles. The van der Waals surface area contributed by atoms with E-state index in [1.165, 1.54) is 0 Å². The van der Waals surface area contributed by atoms with Crippen LogP contribution >= 0.6 is 0 Å². The molecule has 1 unspecified atom stereocenters. The number of nitriles is 1. The van der Waals surface area contributed by atoms with Gasteiger partial charge in [-0.05, 0) is 23.3 Å². The van der Waals surface area contributed by atoms with E-state index in [9.17, 15) is 0 Å². The Bertz CT molecular complexity index is 913. The fourth-order valence-corrected chi connectivity index (χ4v) is 3.32. The predicted molar refractivity (Wildman–Crippen MR) is 99.2 cm³/mol. The van der Waals surface area contributed by atoms with E-state index < -0.39 is 0 Å². The highest BCUT2D eigenvalue weighted by molar-refractivity contribution is 5.58. The third-order valence-corrected chi connectivity index (χ3v) is 4.68. The maximum absolute atomic E-state index is 9.11. The summed E-state index contributed by atoms with van der Waals surface area (Å²) < 4.78 is 5.71. The molecule has 1 saturated heterocycles. The molecule has 5 heteroatoms. The van der Waals surface area contributed by atoms with Crippen molar-refractivity contribution in [2.24, 2.45) is 0 Å². The maximum Gasteiger partial charge on any atom is 0.126 e. The molecule has 1 aromatic heterocycles. The summed E-state index contributed by atoms with van der Waals surface area (Å²) in [6, 6.07) is 20.2. The summed E-state index contributed by atoms with van der Waals surface area (Å²) >= 11 is 0. The molecule has 0 spiro atoms. The minimum atomic E-state index is 0.0759. The van der Waals surface area contributed by atoms with E-state index in [1.807, 2.05) is 42.6 Å². The summed E-state index contributed by atoms with van der Waals surface area (Å²) in [5.74, 6) is 0.917. The number of rotatable bonds is 4. The number of morpholine rings is 1. The van der Waals surface area contributed by atoms with Gasteiger partial charge in [0.15, 0.2) is 0 Å². The fraction of sp³-hybridized carbons (Fsp3) is 0.238.